The highest BCUT2D eigenvalue weighted by atomic mass is 16.4. The van der Waals surface area contributed by atoms with E-state index in [0.29, 0.717) is 11.5 Å². The molecular weight excluding hydrogens is 266 g/mol. The van der Waals surface area contributed by atoms with Crippen molar-refractivity contribution in [3.05, 3.63) is 35.4 Å². The van der Waals surface area contributed by atoms with Gasteiger partial charge in [0.05, 0.1) is 5.56 Å². The second-order valence-electron chi connectivity index (χ2n) is 5.89. The monoisotopic (exact) mass is 289 g/mol. The van der Waals surface area contributed by atoms with Gasteiger partial charge in [0, 0.05) is 12.1 Å². The number of nitrogens with one attached hydrogen (secondary N) is 1. The average molecular weight is 289 g/mol. The fraction of sp³-hybridized carbons (Fsp3) is 0.529. The lowest BCUT2D eigenvalue weighted by Crippen LogP contribution is -2.31. The predicted octanol–water partition coefficient (Wildman–Crippen LogP) is 3.33. The molecule has 2 N–H and O–H groups in total. The largest absolute Gasteiger partial charge is 0.478 e. The summed E-state index contributed by atoms with van der Waals surface area (Å²) in [6.07, 6.45) is 6.18. The number of carbonyl (C=O) groups is 2. The van der Waals surface area contributed by atoms with E-state index in [0.717, 1.165) is 12.5 Å². The van der Waals surface area contributed by atoms with Gasteiger partial charge in [-0.15, -0.1) is 0 Å². The second-order valence-corrected chi connectivity index (χ2v) is 5.89. The number of carboxylic acid groups (broad SMARTS) is 1. The molecular formula is C17H23NO3. The van der Waals surface area contributed by atoms with Crippen molar-refractivity contribution in [2.75, 3.05) is 6.54 Å². The van der Waals surface area contributed by atoms with Gasteiger partial charge in [-0.2, -0.15) is 0 Å². The molecule has 21 heavy (non-hydrogen) atoms. The smallest absolute Gasteiger partial charge is 0.335 e. The number of benzene rings is 1. The topological polar surface area (TPSA) is 66.4 Å². The lowest BCUT2D eigenvalue weighted by molar-refractivity contribution is 0.0696. The van der Waals surface area contributed by atoms with E-state index < -0.39 is 5.97 Å². The Bertz CT molecular complexity index is 487. The molecule has 0 aromatic heterocycles. The molecule has 0 unspecified atom stereocenters. The van der Waals surface area contributed by atoms with Crippen LogP contribution in [-0.2, 0) is 0 Å². The van der Waals surface area contributed by atoms with E-state index in [1.165, 1.54) is 44.2 Å². The van der Waals surface area contributed by atoms with Crippen LogP contribution in [0.1, 0.15) is 59.7 Å². The molecule has 1 fully saturated rings. The van der Waals surface area contributed by atoms with Crippen LogP contribution in [0.2, 0.25) is 0 Å². The molecule has 4 heteroatoms. The van der Waals surface area contributed by atoms with Crippen LogP contribution < -0.4 is 5.32 Å². The van der Waals surface area contributed by atoms with E-state index in [9.17, 15) is 9.59 Å². The molecule has 1 aliphatic rings. The predicted molar refractivity (Wildman–Crippen MR) is 81.5 cm³/mol. The van der Waals surface area contributed by atoms with Gasteiger partial charge in [0.25, 0.3) is 5.91 Å². The van der Waals surface area contributed by atoms with E-state index >= 15 is 0 Å². The molecule has 0 spiro atoms. The number of hydrogen-bond acceptors (Lipinski definition) is 2. The number of carbonyl (C=O) groups excluding carboxylic acids is 1. The lowest BCUT2D eigenvalue weighted by atomic mass is 9.81. The van der Waals surface area contributed by atoms with Crippen LogP contribution in [0.5, 0.6) is 0 Å². The summed E-state index contributed by atoms with van der Waals surface area (Å²) < 4.78 is 0. The van der Waals surface area contributed by atoms with Crippen molar-refractivity contribution in [1.82, 2.24) is 5.32 Å². The molecule has 1 saturated carbocycles. The molecule has 1 aliphatic carbocycles. The number of carboxylic acids is 1. The average Bonchev–Trinajstić information content (AvgIpc) is 2.53. The van der Waals surface area contributed by atoms with Gasteiger partial charge in [0.15, 0.2) is 0 Å². The van der Waals surface area contributed by atoms with Gasteiger partial charge in [0.1, 0.15) is 0 Å². The van der Waals surface area contributed by atoms with Crippen LogP contribution in [0.25, 0.3) is 0 Å². The van der Waals surface area contributed by atoms with Gasteiger partial charge in [-0.25, -0.2) is 4.79 Å². The molecule has 1 aromatic carbocycles. The van der Waals surface area contributed by atoms with Crippen molar-refractivity contribution in [3.63, 3.8) is 0 Å². The fourth-order valence-electron chi connectivity index (χ4n) is 2.95. The zero-order valence-corrected chi connectivity index (χ0v) is 12.5. The van der Waals surface area contributed by atoms with Crippen LogP contribution in [0.3, 0.4) is 0 Å². The van der Waals surface area contributed by atoms with Crippen molar-refractivity contribution in [2.24, 2.45) is 11.8 Å². The molecule has 0 bridgehead atoms. The van der Waals surface area contributed by atoms with E-state index in [1.807, 2.05) is 0 Å². The maximum atomic E-state index is 12.0. The van der Waals surface area contributed by atoms with E-state index in [2.05, 4.69) is 12.2 Å². The van der Waals surface area contributed by atoms with E-state index in [4.69, 9.17) is 5.11 Å². The zero-order chi connectivity index (χ0) is 15.2. The molecule has 0 heterocycles. The molecule has 0 aliphatic heterocycles. The summed E-state index contributed by atoms with van der Waals surface area (Å²) in [5.74, 6) is 0.342. The third-order valence-electron chi connectivity index (χ3n) is 4.49. The lowest BCUT2D eigenvalue weighted by Gasteiger charge is -2.27. The molecule has 4 nitrogen and oxygen atoms in total. The highest BCUT2D eigenvalue weighted by Crippen LogP contribution is 2.30. The van der Waals surface area contributed by atoms with Crippen molar-refractivity contribution < 1.29 is 14.7 Å². The third kappa shape index (κ3) is 4.31. The summed E-state index contributed by atoms with van der Waals surface area (Å²) in [5, 5.41) is 11.8. The van der Waals surface area contributed by atoms with Crippen LogP contribution in [0, 0.1) is 11.8 Å². The Morgan fingerprint density at radius 3 is 2.10 bits per heavy atom. The molecule has 0 saturated heterocycles. The summed E-state index contributed by atoms with van der Waals surface area (Å²) in [5.41, 5.74) is 0.715. The van der Waals surface area contributed by atoms with Crippen molar-refractivity contribution in [2.45, 2.75) is 39.0 Å². The van der Waals surface area contributed by atoms with Gasteiger partial charge in [0.2, 0.25) is 0 Å². The Morgan fingerprint density at radius 2 is 1.57 bits per heavy atom. The highest BCUT2D eigenvalue weighted by Gasteiger charge is 2.20. The minimum atomic E-state index is -0.977. The Labute approximate surface area is 125 Å². The molecule has 1 amide bonds. The Morgan fingerprint density at radius 1 is 1.05 bits per heavy atom. The molecule has 0 radical (unpaired) electrons. The Kier molecular flexibility index (Phi) is 5.37. The Balaban J connectivity index is 1.80. The van der Waals surface area contributed by atoms with Crippen LogP contribution in [0.15, 0.2) is 24.3 Å². The first kappa shape index (κ1) is 15.5. The molecule has 1 aromatic rings. The van der Waals surface area contributed by atoms with Crippen LogP contribution in [0.4, 0.5) is 0 Å². The first-order chi connectivity index (χ1) is 10.1. The number of aromatic carboxylic acids is 1. The van der Waals surface area contributed by atoms with Gasteiger partial charge < -0.3 is 10.4 Å². The first-order valence-electron chi connectivity index (χ1n) is 7.71. The van der Waals surface area contributed by atoms with Gasteiger partial charge in [-0.1, -0.05) is 26.2 Å². The van der Waals surface area contributed by atoms with Gasteiger partial charge in [-0.3, -0.25) is 4.79 Å². The number of hydrogen-bond donors (Lipinski definition) is 2. The van der Waals surface area contributed by atoms with Gasteiger partial charge in [-0.05, 0) is 48.9 Å². The maximum Gasteiger partial charge on any atom is 0.335 e. The summed E-state index contributed by atoms with van der Waals surface area (Å²) in [6.45, 7) is 2.96. The summed E-state index contributed by atoms with van der Waals surface area (Å²) in [4.78, 5) is 22.8. The number of rotatable bonds is 5. The maximum absolute atomic E-state index is 12.0. The summed E-state index contributed by atoms with van der Waals surface area (Å²) in [7, 11) is 0. The number of amides is 1. The third-order valence-corrected chi connectivity index (χ3v) is 4.49. The minimum absolute atomic E-state index is 0.121. The molecule has 114 valence electrons. The van der Waals surface area contributed by atoms with Gasteiger partial charge >= 0.3 is 5.97 Å². The highest BCUT2D eigenvalue weighted by molar-refractivity contribution is 5.95. The fourth-order valence-corrected chi connectivity index (χ4v) is 2.95. The van der Waals surface area contributed by atoms with Crippen molar-refractivity contribution >= 4 is 11.9 Å². The summed E-state index contributed by atoms with van der Waals surface area (Å²) >= 11 is 0. The van der Waals surface area contributed by atoms with E-state index in [1.54, 1.807) is 12.1 Å². The first-order valence-corrected chi connectivity index (χ1v) is 7.71. The Hall–Kier alpha value is -1.84. The molecule has 0 atom stereocenters. The standard InChI is InChI=1S/C17H23NO3/c1-2-12-3-5-13(6-4-12)11-18-16(19)14-7-9-15(10-8-14)17(20)21/h7-10,12-13H,2-6,11H2,1H3,(H,18,19)(H,20,21). The van der Waals surface area contributed by atoms with E-state index in [-0.39, 0.29) is 11.5 Å². The minimum Gasteiger partial charge on any atom is -0.478 e. The zero-order valence-electron chi connectivity index (χ0n) is 12.5. The van der Waals surface area contributed by atoms with Crippen LogP contribution >= 0.6 is 0 Å². The van der Waals surface area contributed by atoms with Crippen molar-refractivity contribution in [3.8, 4) is 0 Å². The normalized spacial score (nSPS) is 21.8. The summed E-state index contributed by atoms with van der Waals surface area (Å²) in [6, 6.07) is 6.05. The SMILES string of the molecule is CCC1CCC(CNC(=O)c2ccc(C(=O)O)cc2)CC1. The van der Waals surface area contributed by atoms with Crippen LogP contribution in [-0.4, -0.2) is 23.5 Å². The molecule has 2 rings (SSSR count). The second kappa shape index (κ2) is 7.25. The quantitative estimate of drug-likeness (QED) is 0.873. The van der Waals surface area contributed by atoms with Crippen molar-refractivity contribution in [1.29, 1.82) is 0 Å².